The zero-order chi connectivity index (χ0) is 18.6. The van der Waals surface area contributed by atoms with E-state index in [1.807, 2.05) is 12.1 Å². The van der Waals surface area contributed by atoms with E-state index in [1.54, 1.807) is 6.26 Å². The molecule has 0 radical (unpaired) electrons. The van der Waals surface area contributed by atoms with Crippen molar-refractivity contribution >= 4 is 16.7 Å². The molecule has 1 N–H and O–H groups in total. The number of rotatable bonds is 6. The number of hydrogen-bond acceptors (Lipinski definition) is 6. The molecule has 3 aromatic rings. The normalized spacial score (nSPS) is 16.7. The second-order valence-electron chi connectivity index (χ2n) is 7.50. The summed E-state index contributed by atoms with van der Waals surface area (Å²) in [6.45, 7) is 2.76. The topological polar surface area (TPSA) is 67.1 Å². The molecule has 1 aliphatic carbocycles. The summed E-state index contributed by atoms with van der Waals surface area (Å²) in [6.07, 6.45) is 7.99. The van der Waals surface area contributed by atoms with Gasteiger partial charge < -0.3 is 9.84 Å². The van der Waals surface area contributed by atoms with Gasteiger partial charge in [-0.25, -0.2) is 9.97 Å². The SMILES string of the molecule is CC(c1ccon1)N(C)Cc1nc(NC2CCCCC2)c2ccccc2n1. The highest BCUT2D eigenvalue weighted by Gasteiger charge is 2.19. The van der Waals surface area contributed by atoms with E-state index in [9.17, 15) is 0 Å². The van der Waals surface area contributed by atoms with Gasteiger partial charge >= 0.3 is 0 Å². The molecule has 6 nitrogen and oxygen atoms in total. The van der Waals surface area contributed by atoms with Gasteiger partial charge in [-0.05, 0) is 38.9 Å². The Morgan fingerprint density at radius 3 is 2.74 bits per heavy atom. The number of benzene rings is 1. The minimum Gasteiger partial charge on any atom is -0.367 e. The van der Waals surface area contributed by atoms with Gasteiger partial charge in [0.1, 0.15) is 23.6 Å². The zero-order valence-corrected chi connectivity index (χ0v) is 16.1. The van der Waals surface area contributed by atoms with Crippen molar-refractivity contribution in [1.29, 1.82) is 0 Å². The fourth-order valence-corrected chi connectivity index (χ4v) is 3.77. The van der Waals surface area contributed by atoms with Crippen molar-refractivity contribution in [2.24, 2.45) is 0 Å². The van der Waals surface area contributed by atoms with Crippen LogP contribution in [-0.2, 0) is 6.54 Å². The first-order chi connectivity index (χ1) is 13.2. The lowest BCUT2D eigenvalue weighted by molar-refractivity contribution is 0.235. The quantitative estimate of drug-likeness (QED) is 0.691. The van der Waals surface area contributed by atoms with Crippen molar-refractivity contribution in [3.63, 3.8) is 0 Å². The molecular weight excluding hydrogens is 338 g/mol. The number of anilines is 1. The van der Waals surface area contributed by atoms with Gasteiger partial charge in [0.2, 0.25) is 0 Å². The summed E-state index contributed by atoms with van der Waals surface area (Å²) >= 11 is 0. The van der Waals surface area contributed by atoms with Gasteiger partial charge in [0.05, 0.1) is 18.1 Å². The molecule has 0 bridgehead atoms. The number of hydrogen-bond donors (Lipinski definition) is 1. The lowest BCUT2D eigenvalue weighted by Gasteiger charge is -2.25. The van der Waals surface area contributed by atoms with E-state index in [0.717, 1.165) is 28.2 Å². The van der Waals surface area contributed by atoms with Gasteiger partial charge in [-0.1, -0.05) is 36.6 Å². The Kier molecular flexibility index (Phi) is 5.34. The third-order valence-corrected chi connectivity index (χ3v) is 5.53. The van der Waals surface area contributed by atoms with Crippen LogP contribution in [0.1, 0.15) is 56.6 Å². The van der Waals surface area contributed by atoms with Crippen molar-refractivity contribution in [1.82, 2.24) is 20.0 Å². The van der Waals surface area contributed by atoms with Crippen molar-refractivity contribution in [2.45, 2.75) is 57.7 Å². The molecule has 27 heavy (non-hydrogen) atoms. The smallest absolute Gasteiger partial charge is 0.145 e. The summed E-state index contributed by atoms with van der Waals surface area (Å²) in [5.74, 6) is 1.79. The predicted octanol–water partition coefficient (Wildman–Crippen LogP) is 4.56. The number of nitrogens with one attached hydrogen (secondary N) is 1. The van der Waals surface area contributed by atoms with Gasteiger partial charge in [-0.2, -0.15) is 0 Å². The standard InChI is InChI=1S/C21H27N5O/c1-15(18-12-13-27-25-18)26(2)14-20-23-19-11-7-6-10-17(19)21(24-20)22-16-8-4-3-5-9-16/h6-7,10-13,15-16H,3-5,8-9,14H2,1-2H3,(H,22,23,24). The van der Waals surface area contributed by atoms with Crippen LogP contribution in [-0.4, -0.2) is 33.1 Å². The molecule has 0 aliphatic heterocycles. The molecule has 1 atom stereocenters. The molecule has 142 valence electrons. The van der Waals surface area contributed by atoms with E-state index in [2.05, 4.69) is 47.5 Å². The summed E-state index contributed by atoms with van der Waals surface area (Å²) < 4.78 is 4.98. The van der Waals surface area contributed by atoms with Crippen molar-refractivity contribution in [2.75, 3.05) is 12.4 Å². The van der Waals surface area contributed by atoms with Crippen LogP contribution in [0.25, 0.3) is 10.9 Å². The lowest BCUT2D eigenvalue weighted by Crippen LogP contribution is -2.25. The first-order valence-electron chi connectivity index (χ1n) is 9.83. The first kappa shape index (κ1) is 17.9. The fourth-order valence-electron chi connectivity index (χ4n) is 3.77. The summed E-state index contributed by atoms with van der Waals surface area (Å²) in [4.78, 5) is 11.9. The molecule has 2 heterocycles. The second-order valence-corrected chi connectivity index (χ2v) is 7.50. The van der Waals surface area contributed by atoms with E-state index in [1.165, 1.54) is 32.1 Å². The Morgan fingerprint density at radius 2 is 1.96 bits per heavy atom. The van der Waals surface area contributed by atoms with E-state index in [-0.39, 0.29) is 6.04 Å². The van der Waals surface area contributed by atoms with E-state index >= 15 is 0 Å². The molecular formula is C21H27N5O. The molecule has 1 aromatic carbocycles. The Bertz CT molecular complexity index is 873. The van der Waals surface area contributed by atoms with Gasteiger partial charge in [-0.15, -0.1) is 0 Å². The van der Waals surface area contributed by atoms with Crippen LogP contribution < -0.4 is 5.32 Å². The van der Waals surface area contributed by atoms with E-state index < -0.39 is 0 Å². The van der Waals surface area contributed by atoms with Crippen LogP contribution in [0.5, 0.6) is 0 Å². The van der Waals surface area contributed by atoms with Crippen LogP contribution in [0, 0.1) is 0 Å². The lowest BCUT2D eigenvalue weighted by atomic mass is 9.95. The van der Waals surface area contributed by atoms with Gasteiger partial charge in [0.15, 0.2) is 0 Å². The summed E-state index contributed by atoms with van der Waals surface area (Å²) in [7, 11) is 2.06. The molecule has 6 heteroatoms. The van der Waals surface area contributed by atoms with Crippen LogP contribution in [0.2, 0.25) is 0 Å². The number of aromatic nitrogens is 3. The van der Waals surface area contributed by atoms with Gasteiger partial charge in [0.25, 0.3) is 0 Å². The molecule has 1 aliphatic rings. The van der Waals surface area contributed by atoms with Crippen molar-refractivity contribution < 1.29 is 4.52 Å². The maximum atomic E-state index is 4.98. The van der Waals surface area contributed by atoms with Crippen LogP contribution in [0.3, 0.4) is 0 Å². The number of nitrogens with zero attached hydrogens (tertiary/aromatic N) is 4. The Labute approximate surface area is 160 Å². The Hall–Kier alpha value is -2.47. The highest BCUT2D eigenvalue weighted by Crippen LogP contribution is 2.26. The van der Waals surface area contributed by atoms with Crippen molar-refractivity contribution in [3.05, 3.63) is 48.1 Å². The second kappa shape index (κ2) is 8.05. The first-order valence-corrected chi connectivity index (χ1v) is 9.83. The summed E-state index contributed by atoms with van der Waals surface area (Å²) in [6, 6.07) is 10.8. The molecule has 0 saturated heterocycles. The van der Waals surface area contributed by atoms with Crippen LogP contribution >= 0.6 is 0 Å². The minimum absolute atomic E-state index is 0.133. The Balaban J connectivity index is 1.58. The molecule has 0 amide bonds. The predicted molar refractivity (Wildman–Crippen MR) is 106 cm³/mol. The third kappa shape index (κ3) is 4.11. The van der Waals surface area contributed by atoms with Crippen molar-refractivity contribution in [3.8, 4) is 0 Å². The maximum Gasteiger partial charge on any atom is 0.145 e. The molecule has 0 spiro atoms. The van der Waals surface area contributed by atoms with Crippen LogP contribution in [0.4, 0.5) is 5.82 Å². The summed E-state index contributed by atoms with van der Waals surface area (Å²) in [5.41, 5.74) is 1.90. The summed E-state index contributed by atoms with van der Waals surface area (Å²) in [5, 5.41) is 8.85. The minimum atomic E-state index is 0.133. The van der Waals surface area contributed by atoms with Gasteiger partial charge in [0, 0.05) is 17.5 Å². The average molecular weight is 365 g/mol. The third-order valence-electron chi connectivity index (χ3n) is 5.53. The molecule has 1 fully saturated rings. The maximum absolute atomic E-state index is 4.98. The van der Waals surface area contributed by atoms with E-state index in [4.69, 9.17) is 14.5 Å². The van der Waals surface area contributed by atoms with Gasteiger partial charge in [-0.3, -0.25) is 4.90 Å². The Morgan fingerprint density at radius 1 is 1.15 bits per heavy atom. The fraction of sp³-hybridized carbons (Fsp3) is 0.476. The molecule has 1 saturated carbocycles. The largest absolute Gasteiger partial charge is 0.367 e. The molecule has 4 rings (SSSR count). The van der Waals surface area contributed by atoms with E-state index in [0.29, 0.717) is 12.6 Å². The zero-order valence-electron chi connectivity index (χ0n) is 16.1. The molecule has 1 unspecified atom stereocenters. The number of para-hydroxylation sites is 1. The average Bonchev–Trinajstić information content (AvgIpc) is 3.23. The highest BCUT2D eigenvalue weighted by atomic mass is 16.5. The molecule has 2 aromatic heterocycles. The van der Waals surface area contributed by atoms with Crippen LogP contribution in [0.15, 0.2) is 41.1 Å². The monoisotopic (exact) mass is 365 g/mol. The number of fused-ring (bicyclic) bond motifs is 1. The highest BCUT2D eigenvalue weighted by molar-refractivity contribution is 5.89.